The number of amides is 3. The largest absolute Gasteiger partial charge is 0.494 e. The van der Waals surface area contributed by atoms with Crippen LogP contribution in [0.4, 0.5) is 10.6 Å². The number of carbonyl (C=O) groups is 2. The molecule has 1 aromatic heterocycles. The number of thioether (sulfide) groups is 1. The summed E-state index contributed by atoms with van der Waals surface area (Å²) in [6, 6.07) is 12.4. The summed E-state index contributed by atoms with van der Waals surface area (Å²) in [6.45, 7) is 12.5. The normalized spacial score (nSPS) is 21.6. The monoisotopic (exact) mass is 734 g/mol. The highest BCUT2D eigenvalue weighted by molar-refractivity contribution is 8.00. The van der Waals surface area contributed by atoms with Crippen molar-refractivity contribution < 1.29 is 33.1 Å². The van der Waals surface area contributed by atoms with Gasteiger partial charge in [-0.25, -0.2) is 4.79 Å². The molecule has 52 heavy (non-hydrogen) atoms. The van der Waals surface area contributed by atoms with Crippen molar-refractivity contribution in [2.24, 2.45) is 0 Å². The van der Waals surface area contributed by atoms with Crippen LogP contribution in [-0.4, -0.2) is 103 Å². The molecule has 15 heteroatoms. The number of benzene rings is 2. The van der Waals surface area contributed by atoms with Gasteiger partial charge in [0.15, 0.2) is 5.82 Å². The molecule has 280 valence electrons. The van der Waals surface area contributed by atoms with Crippen LogP contribution >= 0.6 is 11.8 Å². The van der Waals surface area contributed by atoms with Crippen molar-refractivity contribution in [2.45, 2.75) is 88.8 Å². The van der Waals surface area contributed by atoms with Gasteiger partial charge in [0.25, 0.3) is 0 Å². The fraction of sp³-hybridized carbons (Fsp3) is 0.568. The number of aryl methyl sites for hydroxylation is 1. The minimum Gasteiger partial charge on any atom is -0.491 e. The number of hydrogen-bond acceptors (Lipinski definition) is 11. The summed E-state index contributed by atoms with van der Waals surface area (Å²) in [4.78, 5) is 23.8. The zero-order valence-electron chi connectivity index (χ0n) is 30.8. The highest BCUT2D eigenvalue weighted by Crippen LogP contribution is 2.38. The predicted octanol–water partition coefficient (Wildman–Crippen LogP) is 3.74. The lowest BCUT2D eigenvalue weighted by Crippen LogP contribution is -2.41. The van der Waals surface area contributed by atoms with Crippen molar-refractivity contribution in [3.05, 3.63) is 42.1 Å². The number of hydrogen-bond donors (Lipinski definition) is 4. The molecule has 4 heterocycles. The van der Waals surface area contributed by atoms with Crippen molar-refractivity contribution in [3.63, 3.8) is 0 Å². The van der Waals surface area contributed by atoms with Gasteiger partial charge in [-0.1, -0.05) is 24.6 Å². The zero-order chi connectivity index (χ0) is 36.9. The highest BCUT2D eigenvalue weighted by Gasteiger charge is 2.51. The maximum absolute atomic E-state index is 12.2. The molecular weight excluding hydrogens is 683 g/mol. The quantitative estimate of drug-likeness (QED) is 0.0907. The van der Waals surface area contributed by atoms with Crippen molar-refractivity contribution in [1.82, 2.24) is 26.1 Å². The number of nitrogens with two attached hydrogens (primary N) is 1. The van der Waals surface area contributed by atoms with E-state index in [1.54, 1.807) is 0 Å². The Morgan fingerprint density at radius 1 is 0.981 bits per heavy atom. The molecule has 0 radical (unpaired) electrons. The summed E-state index contributed by atoms with van der Waals surface area (Å²) in [7, 11) is -0.519. The first-order chi connectivity index (χ1) is 24.9. The van der Waals surface area contributed by atoms with Crippen molar-refractivity contribution in [1.29, 1.82) is 0 Å². The Hall–Kier alpha value is -3.63. The van der Waals surface area contributed by atoms with E-state index in [1.807, 2.05) is 70.6 Å². The summed E-state index contributed by atoms with van der Waals surface area (Å²) in [5, 5.41) is 19.4. The number of nitrogens with one attached hydrogen (secondary N) is 3. The van der Waals surface area contributed by atoms with Gasteiger partial charge in [-0.05, 0) is 76.7 Å². The number of anilines is 1. The first-order valence-electron chi connectivity index (χ1n) is 18.2. The maximum atomic E-state index is 12.2. The molecule has 0 spiro atoms. The van der Waals surface area contributed by atoms with E-state index in [-0.39, 0.29) is 24.0 Å². The lowest BCUT2D eigenvalue weighted by molar-refractivity contribution is -0.121. The van der Waals surface area contributed by atoms with Crippen molar-refractivity contribution in [3.8, 4) is 16.9 Å². The third-order valence-electron chi connectivity index (χ3n) is 10.3. The van der Waals surface area contributed by atoms with Gasteiger partial charge >= 0.3 is 13.1 Å². The number of nitrogen functional groups attached to an aromatic ring is 1. The Bertz CT molecular complexity index is 1730. The molecule has 2 aromatic carbocycles. The van der Waals surface area contributed by atoms with E-state index in [0.717, 1.165) is 58.1 Å². The second kappa shape index (κ2) is 16.6. The van der Waals surface area contributed by atoms with Gasteiger partial charge in [0.05, 0.1) is 55.4 Å². The van der Waals surface area contributed by atoms with Crippen molar-refractivity contribution in [2.75, 3.05) is 51.1 Å². The van der Waals surface area contributed by atoms with Gasteiger partial charge < -0.3 is 45.2 Å². The summed E-state index contributed by atoms with van der Waals surface area (Å²) >= 11 is 1.90. The minimum absolute atomic E-state index is 0.0322. The van der Waals surface area contributed by atoms with Crippen LogP contribution in [0.5, 0.6) is 5.75 Å². The Morgan fingerprint density at radius 2 is 1.73 bits per heavy atom. The Kier molecular flexibility index (Phi) is 12.2. The maximum Gasteiger partial charge on any atom is 0.494 e. The van der Waals surface area contributed by atoms with E-state index in [1.165, 1.54) is 0 Å². The number of carbonyl (C=O) groups excluding carboxylic acids is 2. The number of ether oxygens (including phenoxy) is 3. The summed E-state index contributed by atoms with van der Waals surface area (Å²) in [5.41, 5.74) is 8.70. The number of rotatable bonds is 17. The number of unbranched alkanes of at least 4 members (excludes halogenated alkanes) is 1. The molecule has 3 aliphatic heterocycles. The fourth-order valence-corrected chi connectivity index (χ4v) is 8.20. The first kappa shape index (κ1) is 38.1. The zero-order valence-corrected chi connectivity index (χ0v) is 31.6. The fourth-order valence-electron chi connectivity index (χ4n) is 6.65. The van der Waals surface area contributed by atoms with E-state index in [2.05, 4.69) is 38.3 Å². The van der Waals surface area contributed by atoms with Crippen LogP contribution in [0.2, 0.25) is 0 Å². The van der Waals surface area contributed by atoms with E-state index in [0.29, 0.717) is 62.8 Å². The molecule has 0 aliphatic carbocycles. The van der Waals surface area contributed by atoms with Crippen LogP contribution in [0.1, 0.15) is 59.1 Å². The highest BCUT2D eigenvalue weighted by atomic mass is 32.2. The van der Waals surface area contributed by atoms with Crippen LogP contribution in [0.3, 0.4) is 0 Å². The van der Waals surface area contributed by atoms with Gasteiger partial charge in [0, 0.05) is 40.3 Å². The van der Waals surface area contributed by atoms with Gasteiger partial charge in [0.1, 0.15) is 12.4 Å². The number of nitrogens with zero attached hydrogens (tertiary/aromatic N) is 2. The number of aromatic nitrogens is 2. The molecule has 0 bridgehead atoms. The predicted molar refractivity (Wildman–Crippen MR) is 204 cm³/mol. The summed E-state index contributed by atoms with van der Waals surface area (Å²) in [6.07, 6.45) is 3.29. The molecule has 3 atom stereocenters. The molecule has 0 unspecified atom stereocenters. The Balaban J connectivity index is 0.917. The SMILES string of the molecule is Cc1nnc(N)c2ccc(-c3cc(B4OC(C)(C)C(C)(C)O4)ccc3OCCOCCOCCNC(=O)CCCC[C@@H]3SC[C@@H]4NC(=O)N[C@@H]43)cc12. The smallest absolute Gasteiger partial charge is 0.491 e. The third-order valence-corrected chi connectivity index (χ3v) is 11.8. The topological polar surface area (TPSA) is 168 Å². The standard InChI is InChI=1S/C37H51BN6O7S/c1-23-27-20-24(10-12-26(27)34(39)44-43-23)28-21-25(38-50-36(2,3)37(4,5)51-38)11-13-30(28)49-19-18-48-17-16-47-15-14-40-32(45)9-7-6-8-31-33-29(22-52-31)41-35(46)42-33/h10-13,20-21,29,31,33H,6-9,14-19,22H2,1-5H3,(H2,39,44)(H,40,45)(H2,41,42,46)/t29-,31-,33-/m0/s1. The second-order valence-corrected chi connectivity index (χ2v) is 15.8. The number of fused-ring (bicyclic) bond motifs is 2. The van der Waals surface area contributed by atoms with Crippen LogP contribution in [0.15, 0.2) is 36.4 Å². The Labute approximate surface area is 310 Å². The van der Waals surface area contributed by atoms with Crippen LogP contribution in [0, 0.1) is 6.92 Å². The van der Waals surface area contributed by atoms with Gasteiger partial charge in [-0.15, -0.1) is 5.10 Å². The van der Waals surface area contributed by atoms with Gasteiger partial charge in [0.2, 0.25) is 5.91 Å². The lowest BCUT2D eigenvalue weighted by atomic mass is 9.77. The van der Waals surface area contributed by atoms with Crippen LogP contribution in [-0.2, 0) is 23.6 Å². The molecule has 13 nitrogen and oxygen atoms in total. The molecule has 3 aromatic rings. The molecule has 0 saturated carbocycles. The molecule has 3 saturated heterocycles. The van der Waals surface area contributed by atoms with E-state index < -0.39 is 18.3 Å². The van der Waals surface area contributed by atoms with E-state index in [9.17, 15) is 9.59 Å². The summed E-state index contributed by atoms with van der Waals surface area (Å²) in [5.74, 6) is 2.08. The molecule has 5 N–H and O–H groups in total. The first-order valence-corrected chi connectivity index (χ1v) is 19.2. The van der Waals surface area contributed by atoms with Crippen molar-refractivity contribution >= 4 is 52.9 Å². The minimum atomic E-state index is -0.519. The van der Waals surface area contributed by atoms with Gasteiger partial charge in [-0.2, -0.15) is 16.9 Å². The molecule has 3 amide bonds. The van der Waals surface area contributed by atoms with E-state index >= 15 is 0 Å². The van der Waals surface area contributed by atoms with Crippen LogP contribution in [0.25, 0.3) is 21.9 Å². The third kappa shape index (κ3) is 8.93. The van der Waals surface area contributed by atoms with E-state index in [4.69, 9.17) is 29.3 Å². The lowest BCUT2D eigenvalue weighted by Gasteiger charge is -2.32. The second-order valence-electron chi connectivity index (χ2n) is 14.6. The molecule has 3 fully saturated rings. The molecular formula is C37H51BN6O7S. The molecule has 3 aliphatic rings. The Morgan fingerprint density at radius 3 is 2.52 bits per heavy atom. The van der Waals surface area contributed by atoms with Gasteiger partial charge in [-0.3, -0.25) is 4.79 Å². The average molecular weight is 735 g/mol. The van der Waals surface area contributed by atoms with Crippen LogP contribution < -0.4 is 31.9 Å². The number of urea groups is 1. The molecule has 6 rings (SSSR count). The average Bonchev–Trinajstić information content (AvgIpc) is 3.74. The summed E-state index contributed by atoms with van der Waals surface area (Å²) < 4.78 is 30.4.